The normalized spacial score (nSPS) is 24.5. The van der Waals surface area contributed by atoms with Crippen LogP contribution in [0.4, 0.5) is 10.5 Å². The highest BCUT2D eigenvalue weighted by Crippen LogP contribution is 2.26. The van der Waals surface area contributed by atoms with Gasteiger partial charge in [0.15, 0.2) is 0 Å². The van der Waals surface area contributed by atoms with Crippen molar-refractivity contribution in [3.05, 3.63) is 29.8 Å². The Morgan fingerprint density at radius 2 is 1.74 bits per heavy atom. The van der Waals surface area contributed by atoms with Crippen LogP contribution in [0.1, 0.15) is 31.2 Å². The van der Waals surface area contributed by atoms with Crippen LogP contribution in [0, 0.1) is 6.92 Å². The number of hydrogen-bond donors (Lipinski definition) is 0. The molecule has 1 aromatic carbocycles. The summed E-state index contributed by atoms with van der Waals surface area (Å²) >= 11 is 0. The Labute approximate surface area is 183 Å². The van der Waals surface area contributed by atoms with Gasteiger partial charge in [0.1, 0.15) is 5.69 Å². The number of nitrogens with zero attached hydrogens (tertiary/aromatic N) is 6. The molecule has 4 aliphatic heterocycles. The van der Waals surface area contributed by atoms with E-state index in [-0.39, 0.29) is 11.9 Å². The van der Waals surface area contributed by atoms with Crippen molar-refractivity contribution >= 4 is 29.4 Å². The van der Waals surface area contributed by atoms with Gasteiger partial charge in [-0.05, 0) is 45.0 Å². The number of amidine groups is 1. The lowest BCUT2D eigenvalue weighted by Gasteiger charge is -2.36. The molecule has 1 unspecified atom stereocenters. The summed E-state index contributed by atoms with van der Waals surface area (Å²) in [5, 5.41) is 0. The highest BCUT2D eigenvalue weighted by atomic mass is 16.2. The first-order valence-corrected chi connectivity index (χ1v) is 11.4. The average Bonchev–Trinajstić information content (AvgIpc) is 3.19. The number of carbonyl (C=O) groups is 2. The molecule has 0 N–H and O–H groups in total. The van der Waals surface area contributed by atoms with Gasteiger partial charge in [-0.3, -0.25) is 14.6 Å². The summed E-state index contributed by atoms with van der Waals surface area (Å²) < 4.78 is 2.08. The average molecular weight is 424 g/mol. The maximum atomic E-state index is 13.5. The molecule has 2 saturated heterocycles. The van der Waals surface area contributed by atoms with Gasteiger partial charge >= 0.3 is 12.0 Å². The van der Waals surface area contributed by atoms with Crippen molar-refractivity contribution in [2.45, 2.75) is 38.6 Å². The second kappa shape index (κ2) is 8.07. The highest BCUT2D eigenvalue weighted by Gasteiger charge is 2.54. The van der Waals surface area contributed by atoms with E-state index in [0.717, 1.165) is 50.8 Å². The lowest BCUT2D eigenvalue weighted by atomic mass is 10.1. The number of fused-ring (bicyclic) bond motifs is 2. The predicted molar refractivity (Wildman–Crippen MR) is 120 cm³/mol. The van der Waals surface area contributed by atoms with Gasteiger partial charge in [0.25, 0.3) is 5.91 Å². The number of carbonyl (C=O) groups excluding carboxylic acids is 2. The number of benzene rings is 1. The minimum absolute atomic E-state index is 0.139. The maximum absolute atomic E-state index is 13.5. The van der Waals surface area contributed by atoms with Gasteiger partial charge in [-0.15, -0.1) is 0 Å². The molecule has 0 saturated carbocycles. The number of aliphatic imine (C=N–C) groups is 1. The van der Waals surface area contributed by atoms with Crippen LogP contribution in [-0.2, 0) is 4.79 Å². The van der Waals surface area contributed by atoms with Crippen molar-refractivity contribution in [2.24, 2.45) is 4.99 Å². The SMILES string of the molecule is Cc1ccc(N2CCC[N+]3=C2N=C2C3C(=O)N(CCN3CCCCC3)C(=O)N2C)cc1. The first-order chi connectivity index (χ1) is 15.0. The number of likely N-dealkylation sites (N-methyl/N-ethyl adjacent to an activating group) is 1. The van der Waals surface area contributed by atoms with Crippen molar-refractivity contribution in [3.63, 3.8) is 0 Å². The molecule has 5 rings (SSSR count). The number of imide groups is 1. The van der Waals surface area contributed by atoms with Crippen LogP contribution in [0.5, 0.6) is 0 Å². The number of hydrogen-bond acceptors (Lipinski definition) is 5. The van der Waals surface area contributed by atoms with Gasteiger partial charge in [0.05, 0.1) is 13.1 Å². The number of aryl methyl sites for hydroxylation is 1. The van der Waals surface area contributed by atoms with E-state index in [0.29, 0.717) is 12.4 Å². The van der Waals surface area contributed by atoms with Gasteiger partial charge in [-0.2, -0.15) is 0 Å². The molecule has 8 nitrogen and oxygen atoms in total. The molecule has 3 amide bonds. The van der Waals surface area contributed by atoms with E-state index in [4.69, 9.17) is 4.99 Å². The number of guanidine groups is 1. The van der Waals surface area contributed by atoms with Gasteiger partial charge in [0.2, 0.25) is 11.9 Å². The van der Waals surface area contributed by atoms with Crippen LogP contribution in [0.2, 0.25) is 0 Å². The maximum Gasteiger partial charge on any atom is 0.397 e. The predicted octanol–water partition coefficient (Wildman–Crippen LogP) is 1.73. The van der Waals surface area contributed by atoms with E-state index in [1.807, 2.05) is 0 Å². The Hall–Kier alpha value is -2.74. The lowest BCUT2D eigenvalue weighted by Crippen LogP contribution is -2.64. The van der Waals surface area contributed by atoms with Crippen molar-refractivity contribution in [3.8, 4) is 0 Å². The van der Waals surface area contributed by atoms with E-state index < -0.39 is 6.04 Å². The van der Waals surface area contributed by atoms with E-state index in [9.17, 15) is 9.59 Å². The first kappa shape index (κ1) is 20.2. The van der Waals surface area contributed by atoms with Crippen LogP contribution in [0.3, 0.4) is 0 Å². The van der Waals surface area contributed by atoms with Gasteiger partial charge in [-0.1, -0.05) is 29.1 Å². The highest BCUT2D eigenvalue weighted by molar-refractivity contribution is 6.24. The Morgan fingerprint density at radius 3 is 2.48 bits per heavy atom. The smallest absolute Gasteiger partial charge is 0.302 e. The quantitative estimate of drug-likeness (QED) is 0.692. The molecule has 1 aromatic rings. The fourth-order valence-corrected chi connectivity index (χ4v) is 5.05. The Bertz CT molecular complexity index is 947. The largest absolute Gasteiger partial charge is 0.397 e. The van der Waals surface area contributed by atoms with Crippen LogP contribution in [0.25, 0.3) is 0 Å². The third kappa shape index (κ3) is 3.52. The summed E-state index contributed by atoms with van der Waals surface area (Å²) in [6.45, 7) is 6.98. The standard InChI is InChI=1S/C23H31N6O2/c1-17-7-9-18(10-8-17)27-13-6-14-28-19-20(24-22(27)28)25(2)23(31)29(21(19)30)16-15-26-11-4-3-5-12-26/h7-10,19H,3-6,11-16H2,1-2H3/q+1. The molecule has 0 radical (unpaired) electrons. The third-order valence-electron chi connectivity index (χ3n) is 6.85. The molecular formula is C23H31N6O2+. The molecule has 0 spiro atoms. The number of piperidine rings is 1. The van der Waals surface area contributed by atoms with Crippen molar-refractivity contribution in [2.75, 3.05) is 51.2 Å². The minimum atomic E-state index is -0.507. The van der Waals surface area contributed by atoms with E-state index in [1.54, 1.807) is 11.9 Å². The van der Waals surface area contributed by atoms with Crippen LogP contribution >= 0.6 is 0 Å². The number of anilines is 1. The van der Waals surface area contributed by atoms with E-state index in [2.05, 4.69) is 45.6 Å². The van der Waals surface area contributed by atoms with E-state index in [1.165, 1.54) is 29.7 Å². The molecule has 2 fully saturated rings. The lowest BCUT2D eigenvalue weighted by molar-refractivity contribution is -0.539. The Kier molecular flexibility index (Phi) is 5.25. The van der Waals surface area contributed by atoms with E-state index >= 15 is 0 Å². The summed E-state index contributed by atoms with van der Waals surface area (Å²) in [6, 6.07) is 7.59. The second-order valence-electron chi connectivity index (χ2n) is 8.94. The third-order valence-corrected chi connectivity index (χ3v) is 6.85. The molecule has 0 bridgehead atoms. The zero-order chi connectivity index (χ0) is 21.5. The summed E-state index contributed by atoms with van der Waals surface area (Å²) in [4.78, 5) is 38.9. The minimum Gasteiger partial charge on any atom is -0.302 e. The first-order valence-electron chi connectivity index (χ1n) is 11.4. The van der Waals surface area contributed by atoms with Crippen molar-refractivity contribution in [1.82, 2.24) is 14.7 Å². The Balaban J connectivity index is 1.41. The molecule has 4 aliphatic rings. The molecule has 1 atom stereocenters. The van der Waals surface area contributed by atoms with Gasteiger partial charge in [0, 0.05) is 26.6 Å². The van der Waals surface area contributed by atoms with Crippen LogP contribution in [-0.4, -0.2) is 95.4 Å². The molecular weight excluding hydrogens is 392 g/mol. The Morgan fingerprint density at radius 1 is 1.00 bits per heavy atom. The van der Waals surface area contributed by atoms with Crippen molar-refractivity contribution < 1.29 is 14.2 Å². The summed E-state index contributed by atoms with van der Waals surface area (Å²) in [7, 11) is 1.74. The van der Waals surface area contributed by atoms with Crippen LogP contribution < -0.4 is 4.90 Å². The molecule has 4 heterocycles. The number of amides is 3. The molecule has 0 aliphatic carbocycles. The zero-order valence-electron chi connectivity index (χ0n) is 18.5. The topological polar surface area (TPSA) is 62.5 Å². The number of rotatable bonds is 4. The fraction of sp³-hybridized carbons (Fsp3) is 0.565. The van der Waals surface area contributed by atoms with Crippen molar-refractivity contribution in [1.29, 1.82) is 0 Å². The van der Waals surface area contributed by atoms with Crippen LogP contribution in [0.15, 0.2) is 29.3 Å². The summed E-state index contributed by atoms with van der Waals surface area (Å²) in [5.41, 5.74) is 2.27. The monoisotopic (exact) mass is 423 g/mol. The number of likely N-dealkylation sites (tertiary alicyclic amines) is 1. The summed E-state index contributed by atoms with van der Waals surface area (Å²) in [6.07, 6.45) is 4.60. The van der Waals surface area contributed by atoms with Gasteiger partial charge in [-0.25, -0.2) is 14.3 Å². The second-order valence-corrected chi connectivity index (χ2v) is 8.94. The number of urea groups is 1. The molecule has 164 valence electrons. The molecule has 8 heteroatoms. The van der Waals surface area contributed by atoms with Gasteiger partial charge < -0.3 is 4.90 Å². The molecule has 0 aromatic heterocycles. The fourth-order valence-electron chi connectivity index (χ4n) is 5.05. The molecule has 31 heavy (non-hydrogen) atoms. The zero-order valence-corrected chi connectivity index (χ0v) is 18.5. The summed E-state index contributed by atoms with van der Waals surface area (Å²) in [5.74, 6) is 1.19.